The second-order valence-electron chi connectivity index (χ2n) is 4.13. The third-order valence-corrected chi connectivity index (χ3v) is 3.16. The Labute approximate surface area is 100 Å². The van der Waals surface area contributed by atoms with Crippen LogP contribution in [0.15, 0.2) is 24.3 Å². The highest BCUT2D eigenvalue weighted by Crippen LogP contribution is 2.29. The zero-order chi connectivity index (χ0) is 12.3. The molecule has 4 nitrogen and oxygen atoms in total. The molecule has 1 fully saturated rings. The first-order chi connectivity index (χ1) is 8.26. The van der Waals surface area contributed by atoms with E-state index in [9.17, 15) is 4.79 Å². The van der Waals surface area contributed by atoms with Crippen molar-refractivity contribution in [2.24, 2.45) is 5.92 Å². The molecule has 88 valence electrons. The number of hydrogen-bond donors (Lipinski definition) is 1. The van der Waals surface area contributed by atoms with Crippen LogP contribution < -0.4 is 5.32 Å². The maximum absolute atomic E-state index is 11.6. The number of methoxy groups -OCH3 is 1. The standard InChI is InChI=1S/C13H14N2O2/c1-17-13(16)12-8-15-7-11(12)10-4-2-3-9(5-10)6-14/h2-5,11-12,15H,7-8H2,1H3. The van der Waals surface area contributed by atoms with Gasteiger partial charge in [0.15, 0.2) is 0 Å². The molecule has 1 aromatic rings. The van der Waals surface area contributed by atoms with Crippen molar-refractivity contribution in [1.82, 2.24) is 5.32 Å². The quantitative estimate of drug-likeness (QED) is 0.771. The van der Waals surface area contributed by atoms with E-state index in [2.05, 4.69) is 11.4 Å². The number of benzene rings is 1. The number of esters is 1. The molecule has 1 N–H and O–H groups in total. The largest absolute Gasteiger partial charge is 0.469 e. The average molecular weight is 230 g/mol. The van der Waals surface area contributed by atoms with Gasteiger partial charge in [0.05, 0.1) is 24.7 Å². The molecule has 1 aliphatic heterocycles. The number of rotatable bonds is 2. The summed E-state index contributed by atoms with van der Waals surface area (Å²) in [6, 6.07) is 9.52. The van der Waals surface area contributed by atoms with Gasteiger partial charge in [-0.2, -0.15) is 5.26 Å². The number of nitriles is 1. The van der Waals surface area contributed by atoms with Crippen LogP contribution in [0.3, 0.4) is 0 Å². The molecule has 0 spiro atoms. The van der Waals surface area contributed by atoms with Crippen molar-refractivity contribution in [3.8, 4) is 6.07 Å². The molecule has 2 atom stereocenters. The third kappa shape index (κ3) is 2.29. The lowest BCUT2D eigenvalue weighted by Crippen LogP contribution is -2.22. The van der Waals surface area contributed by atoms with E-state index in [1.54, 1.807) is 6.07 Å². The number of hydrogen-bond acceptors (Lipinski definition) is 4. The van der Waals surface area contributed by atoms with Gasteiger partial charge in [-0.25, -0.2) is 0 Å². The minimum Gasteiger partial charge on any atom is -0.469 e. The molecule has 4 heteroatoms. The summed E-state index contributed by atoms with van der Waals surface area (Å²) in [4.78, 5) is 11.6. The Morgan fingerprint density at radius 2 is 2.35 bits per heavy atom. The molecule has 1 saturated heterocycles. The van der Waals surface area contributed by atoms with Gasteiger partial charge in [-0.05, 0) is 17.7 Å². The van der Waals surface area contributed by atoms with E-state index in [1.165, 1.54) is 7.11 Å². The molecule has 1 aromatic carbocycles. The third-order valence-electron chi connectivity index (χ3n) is 3.16. The highest BCUT2D eigenvalue weighted by Gasteiger charge is 2.34. The Morgan fingerprint density at radius 3 is 3.06 bits per heavy atom. The van der Waals surface area contributed by atoms with Gasteiger partial charge >= 0.3 is 5.97 Å². The zero-order valence-electron chi connectivity index (χ0n) is 9.64. The van der Waals surface area contributed by atoms with Crippen LogP contribution in [0.4, 0.5) is 0 Å². The molecule has 0 radical (unpaired) electrons. The smallest absolute Gasteiger partial charge is 0.310 e. The minimum absolute atomic E-state index is 0.0933. The minimum atomic E-state index is -0.192. The van der Waals surface area contributed by atoms with E-state index in [0.717, 1.165) is 12.1 Å². The van der Waals surface area contributed by atoms with Gasteiger partial charge in [-0.15, -0.1) is 0 Å². The van der Waals surface area contributed by atoms with E-state index in [1.807, 2.05) is 18.2 Å². The van der Waals surface area contributed by atoms with Crippen molar-refractivity contribution in [2.75, 3.05) is 20.2 Å². The van der Waals surface area contributed by atoms with Crippen LogP contribution in [0.5, 0.6) is 0 Å². The van der Waals surface area contributed by atoms with Gasteiger partial charge in [0.2, 0.25) is 0 Å². The van der Waals surface area contributed by atoms with Crippen LogP contribution in [-0.4, -0.2) is 26.2 Å². The Morgan fingerprint density at radius 1 is 1.53 bits per heavy atom. The van der Waals surface area contributed by atoms with Crippen molar-refractivity contribution in [3.63, 3.8) is 0 Å². The maximum Gasteiger partial charge on any atom is 0.310 e. The number of carbonyl (C=O) groups is 1. The lowest BCUT2D eigenvalue weighted by Gasteiger charge is -2.16. The van der Waals surface area contributed by atoms with Crippen molar-refractivity contribution >= 4 is 5.97 Å². The van der Waals surface area contributed by atoms with E-state index in [4.69, 9.17) is 10.00 Å². The summed E-state index contributed by atoms with van der Waals surface area (Å²) in [6.07, 6.45) is 0. The van der Waals surface area contributed by atoms with Gasteiger partial charge in [-0.3, -0.25) is 4.79 Å². The Hall–Kier alpha value is -1.86. The first kappa shape index (κ1) is 11.6. The average Bonchev–Trinajstić information content (AvgIpc) is 2.87. The van der Waals surface area contributed by atoms with Crippen LogP contribution in [0.2, 0.25) is 0 Å². The molecule has 0 aliphatic carbocycles. The SMILES string of the molecule is COC(=O)C1CNCC1c1cccc(C#N)c1. The second kappa shape index (κ2) is 4.98. The Kier molecular flexibility index (Phi) is 3.40. The van der Waals surface area contributed by atoms with Crippen molar-refractivity contribution < 1.29 is 9.53 Å². The summed E-state index contributed by atoms with van der Waals surface area (Å²) >= 11 is 0. The van der Waals surface area contributed by atoms with E-state index in [-0.39, 0.29) is 17.8 Å². The molecule has 17 heavy (non-hydrogen) atoms. The highest BCUT2D eigenvalue weighted by atomic mass is 16.5. The maximum atomic E-state index is 11.6. The van der Waals surface area contributed by atoms with Crippen LogP contribution in [-0.2, 0) is 9.53 Å². The van der Waals surface area contributed by atoms with Gasteiger partial charge in [0.25, 0.3) is 0 Å². The number of carbonyl (C=O) groups excluding carboxylic acids is 1. The zero-order valence-corrected chi connectivity index (χ0v) is 9.64. The van der Waals surface area contributed by atoms with E-state index in [0.29, 0.717) is 12.1 Å². The predicted octanol–water partition coefficient (Wildman–Crippen LogP) is 1.03. The monoisotopic (exact) mass is 230 g/mol. The Bertz CT molecular complexity index is 465. The van der Waals surface area contributed by atoms with Crippen LogP contribution in [0.1, 0.15) is 17.0 Å². The predicted molar refractivity (Wildman–Crippen MR) is 62.3 cm³/mol. The summed E-state index contributed by atoms with van der Waals surface area (Å²) in [5.41, 5.74) is 1.64. The topological polar surface area (TPSA) is 62.1 Å². The summed E-state index contributed by atoms with van der Waals surface area (Å²) in [5, 5.41) is 12.1. The van der Waals surface area contributed by atoms with Gasteiger partial charge in [0.1, 0.15) is 0 Å². The number of ether oxygens (including phenoxy) is 1. The van der Waals surface area contributed by atoms with Gasteiger partial charge < -0.3 is 10.1 Å². The van der Waals surface area contributed by atoms with Gasteiger partial charge in [-0.1, -0.05) is 12.1 Å². The molecule has 0 amide bonds. The van der Waals surface area contributed by atoms with Gasteiger partial charge in [0, 0.05) is 19.0 Å². The first-order valence-electron chi connectivity index (χ1n) is 5.55. The van der Waals surface area contributed by atoms with E-state index >= 15 is 0 Å². The fourth-order valence-electron chi connectivity index (χ4n) is 2.27. The first-order valence-corrected chi connectivity index (χ1v) is 5.55. The van der Waals surface area contributed by atoms with Crippen molar-refractivity contribution in [2.45, 2.75) is 5.92 Å². The molecule has 0 saturated carbocycles. The number of nitrogens with zero attached hydrogens (tertiary/aromatic N) is 1. The fourth-order valence-corrected chi connectivity index (χ4v) is 2.27. The lowest BCUT2D eigenvalue weighted by atomic mass is 9.88. The summed E-state index contributed by atoms with van der Waals surface area (Å²) in [7, 11) is 1.41. The fraction of sp³-hybridized carbons (Fsp3) is 0.385. The summed E-state index contributed by atoms with van der Waals surface area (Å²) < 4.78 is 4.80. The molecular formula is C13H14N2O2. The Balaban J connectivity index is 2.26. The van der Waals surface area contributed by atoms with Crippen LogP contribution >= 0.6 is 0 Å². The normalized spacial score (nSPS) is 23.1. The van der Waals surface area contributed by atoms with E-state index < -0.39 is 0 Å². The highest BCUT2D eigenvalue weighted by molar-refractivity contribution is 5.74. The number of nitrogens with one attached hydrogen (secondary N) is 1. The molecule has 1 heterocycles. The summed E-state index contributed by atoms with van der Waals surface area (Å²) in [5.74, 6) is -0.257. The van der Waals surface area contributed by atoms with Crippen LogP contribution in [0.25, 0.3) is 0 Å². The van der Waals surface area contributed by atoms with Crippen molar-refractivity contribution in [1.29, 1.82) is 5.26 Å². The second-order valence-corrected chi connectivity index (χ2v) is 4.13. The molecule has 0 bridgehead atoms. The molecule has 0 aromatic heterocycles. The lowest BCUT2D eigenvalue weighted by molar-refractivity contribution is -0.145. The molecule has 2 unspecified atom stereocenters. The van der Waals surface area contributed by atoms with Crippen molar-refractivity contribution in [3.05, 3.63) is 35.4 Å². The molecule has 1 aliphatic rings. The van der Waals surface area contributed by atoms with Crippen LogP contribution in [0, 0.1) is 17.2 Å². The molecule has 2 rings (SSSR count). The summed E-state index contributed by atoms with van der Waals surface area (Å²) in [6.45, 7) is 1.38. The molecular weight excluding hydrogens is 216 g/mol.